The number of allylic oxidation sites excluding steroid dienone is 3. The molecule has 186 valence electrons. The molecule has 0 amide bonds. The zero-order chi connectivity index (χ0) is 25.0. The highest BCUT2D eigenvalue weighted by Gasteiger charge is 2.61. The van der Waals surface area contributed by atoms with Gasteiger partial charge in [0, 0.05) is 22.9 Å². The molecule has 1 aliphatic carbocycles. The molecule has 0 bridgehead atoms. The number of rotatable bonds is 11. The van der Waals surface area contributed by atoms with Crippen molar-refractivity contribution in [1.82, 2.24) is 0 Å². The first-order valence-electron chi connectivity index (χ1n) is 11.5. The third-order valence-electron chi connectivity index (χ3n) is 6.99. The van der Waals surface area contributed by atoms with Crippen molar-refractivity contribution in [2.45, 2.75) is 85.5 Å². The highest BCUT2D eigenvalue weighted by Crippen LogP contribution is 2.60. The number of methoxy groups -OCH3 is 1. The molecule has 0 aromatic carbocycles. The summed E-state index contributed by atoms with van der Waals surface area (Å²) in [5.41, 5.74) is -1.96. The summed E-state index contributed by atoms with van der Waals surface area (Å²) >= 11 is 3.76. The van der Waals surface area contributed by atoms with Crippen LogP contribution in [0.5, 0.6) is 0 Å². The van der Waals surface area contributed by atoms with Gasteiger partial charge in [-0.1, -0.05) is 57.5 Å². The van der Waals surface area contributed by atoms with Gasteiger partial charge in [-0.3, -0.25) is 0 Å². The Morgan fingerprint density at radius 2 is 1.88 bits per heavy atom. The van der Waals surface area contributed by atoms with Crippen molar-refractivity contribution in [3.05, 3.63) is 34.4 Å². The van der Waals surface area contributed by atoms with Gasteiger partial charge in [-0.05, 0) is 56.5 Å². The maximum atomic E-state index is 12.1. The van der Waals surface area contributed by atoms with Gasteiger partial charge >= 0.3 is 0 Å². The molecule has 0 radical (unpaired) electrons. The Morgan fingerprint density at radius 3 is 2.34 bits per heavy atom. The maximum Gasteiger partial charge on any atom is 0.250 e. The summed E-state index contributed by atoms with van der Waals surface area (Å²) in [6, 6.07) is 0. The molecule has 0 spiro atoms. The number of ether oxygens (including phenoxy) is 3. The third kappa shape index (κ3) is 6.02. The number of hydrogen-bond acceptors (Lipinski definition) is 5. The van der Waals surface area contributed by atoms with E-state index in [1.807, 2.05) is 13.8 Å². The molecule has 0 aromatic rings. The van der Waals surface area contributed by atoms with Crippen LogP contribution in [0.4, 0.5) is 0 Å². The van der Waals surface area contributed by atoms with Gasteiger partial charge in [0.1, 0.15) is 11.4 Å². The molecule has 0 heterocycles. The second kappa shape index (κ2) is 11.1. The second-order valence-electron chi connectivity index (χ2n) is 10.8. The first-order valence-corrected chi connectivity index (χ1v) is 15.2. The molecule has 1 rings (SSSR count). The maximum absolute atomic E-state index is 12.1. The lowest BCUT2D eigenvalue weighted by atomic mass is 9.64. The van der Waals surface area contributed by atoms with Crippen molar-refractivity contribution in [2.75, 3.05) is 20.5 Å². The molecule has 0 aliphatic heterocycles. The van der Waals surface area contributed by atoms with E-state index in [0.717, 1.165) is 10.2 Å². The fourth-order valence-electron chi connectivity index (χ4n) is 4.17. The molecule has 1 N–H and O–H groups in total. The molecular weight excluding hydrogens is 488 g/mol. The predicted molar refractivity (Wildman–Crippen MR) is 138 cm³/mol. The number of hydrogen-bond donors (Lipinski definition) is 1. The highest BCUT2D eigenvalue weighted by atomic mass is 79.9. The van der Waals surface area contributed by atoms with Crippen molar-refractivity contribution in [3.8, 4) is 0 Å². The number of aliphatic hydroxyl groups is 1. The van der Waals surface area contributed by atoms with Gasteiger partial charge in [0.25, 0.3) is 0 Å². The Morgan fingerprint density at radius 1 is 1.28 bits per heavy atom. The quantitative estimate of drug-likeness (QED) is 0.174. The largest absolute Gasteiger partial charge is 0.547 e. The zero-order valence-electron chi connectivity index (χ0n) is 22.0. The van der Waals surface area contributed by atoms with E-state index in [1.54, 1.807) is 19.4 Å². The highest BCUT2D eigenvalue weighted by molar-refractivity contribution is 9.11. The lowest BCUT2D eigenvalue weighted by molar-refractivity contribution is -0.0821. The minimum atomic E-state index is -1.94. The summed E-state index contributed by atoms with van der Waals surface area (Å²) in [5, 5.41) is 12.2. The zero-order valence-corrected chi connectivity index (χ0v) is 24.6. The molecule has 1 unspecified atom stereocenters. The van der Waals surface area contributed by atoms with Crippen LogP contribution in [0.15, 0.2) is 34.4 Å². The topological polar surface area (TPSA) is 57.2 Å². The van der Waals surface area contributed by atoms with Crippen molar-refractivity contribution in [3.63, 3.8) is 0 Å². The van der Waals surface area contributed by atoms with E-state index in [0.29, 0.717) is 18.8 Å². The van der Waals surface area contributed by atoms with Gasteiger partial charge in [-0.15, -0.1) is 0 Å². The van der Waals surface area contributed by atoms with Gasteiger partial charge in [0.2, 0.25) is 8.32 Å². The Hall–Kier alpha value is -0.763. The molecule has 7 heteroatoms. The third-order valence-corrected chi connectivity index (χ3v) is 12.3. The van der Waals surface area contributed by atoms with E-state index in [4.69, 9.17) is 18.6 Å². The first kappa shape index (κ1) is 29.3. The van der Waals surface area contributed by atoms with E-state index in [2.05, 4.69) is 76.6 Å². The van der Waals surface area contributed by atoms with Crippen LogP contribution in [0, 0.1) is 17.3 Å². The minimum absolute atomic E-state index is 0.0301. The smallest absolute Gasteiger partial charge is 0.250 e. The van der Waals surface area contributed by atoms with Gasteiger partial charge in [0.15, 0.2) is 6.79 Å². The van der Waals surface area contributed by atoms with Crippen molar-refractivity contribution in [2.24, 2.45) is 17.3 Å². The van der Waals surface area contributed by atoms with Crippen LogP contribution >= 0.6 is 15.9 Å². The van der Waals surface area contributed by atoms with Crippen LogP contribution in [0.25, 0.3) is 0 Å². The molecule has 0 saturated carbocycles. The summed E-state index contributed by atoms with van der Waals surface area (Å²) in [5.74, 6) is 1.68. The van der Waals surface area contributed by atoms with Crippen LogP contribution < -0.4 is 0 Å². The first-order chi connectivity index (χ1) is 14.6. The SMILES string of the molecule is CCO/C=C\C1(O)C(OCOC)=C(Br)[C@H](C(C)C)[C@@]1(C)C/C=C(/C)O[Si](C)(C)C(C)(C)C. The normalized spacial score (nSPS) is 27.6. The van der Waals surface area contributed by atoms with E-state index >= 15 is 0 Å². The van der Waals surface area contributed by atoms with Gasteiger partial charge < -0.3 is 23.7 Å². The minimum Gasteiger partial charge on any atom is -0.547 e. The van der Waals surface area contributed by atoms with Crippen LogP contribution in [-0.4, -0.2) is 39.5 Å². The van der Waals surface area contributed by atoms with E-state index < -0.39 is 19.3 Å². The molecule has 0 aromatic heterocycles. The summed E-state index contributed by atoms with van der Waals surface area (Å²) in [6.45, 7) is 22.1. The fourth-order valence-corrected chi connectivity index (χ4v) is 6.81. The Bertz CT molecular complexity index is 722. The Labute approximate surface area is 205 Å². The van der Waals surface area contributed by atoms with E-state index in [9.17, 15) is 5.11 Å². The summed E-state index contributed by atoms with van der Waals surface area (Å²) in [7, 11) is -0.368. The molecule has 3 atom stereocenters. The molecule has 0 fully saturated rings. The van der Waals surface area contributed by atoms with Gasteiger partial charge in [-0.2, -0.15) is 0 Å². The van der Waals surface area contributed by atoms with Crippen LogP contribution in [0.2, 0.25) is 18.1 Å². The molecule has 5 nitrogen and oxygen atoms in total. The summed E-state index contributed by atoms with van der Waals surface area (Å²) in [6.07, 6.45) is 6.01. The van der Waals surface area contributed by atoms with E-state index in [-0.39, 0.29) is 23.7 Å². The molecule has 32 heavy (non-hydrogen) atoms. The Balaban J connectivity index is 3.45. The van der Waals surface area contributed by atoms with Crippen LogP contribution in [0.1, 0.15) is 61.8 Å². The van der Waals surface area contributed by atoms with Crippen LogP contribution in [-0.2, 0) is 18.6 Å². The molecule has 1 aliphatic rings. The van der Waals surface area contributed by atoms with Crippen molar-refractivity contribution < 1.29 is 23.7 Å². The average molecular weight is 534 g/mol. The lowest BCUT2D eigenvalue weighted by Gasteiger charge is -2.43. The van der Waals surface area contributed by atoms with E-state index in [1.165, 1.54) is 0 Å². The number of halogens is 1. The van der Waals surface area contributed by atoms with Gasteiger partial charge in [-0.25, -0.2) is 0 Å². The standard InChI is InChI=1S/C25H45BrO5Si/c1-12-29-16-15-25(27)22(30-17-28-9)21(26)20(18(2)3)24(25,8)14-13-19(4)31-32(10,11)23(5,6)7/h13,15-16,18,20,27H,12,14,17H2,1-11H3/b16-15-,19-13-/t20-,24+,25?/m0/s1. The fraction of sp³-hybridized carbons (Fsp3) is 0.760. The second-order valence-corrected chi connectivity index (χ2v) is 16.4. The van der Waals surface area contributed by atoms with Crippen LogP contribution in [0.3, 0.4) is 0 Å². The average Bonchev–Trinajstić information content (AvgIpc) is 2.81. The van der Waals surface area contributed by atoms with Gasteiger partial charge in [0.05, 0.1) is 18.6 Å². The molecular formula is C25H45BrO5Si. The summed E-state index contributed by atoms with van der Waals surface area (Å²) < 4.78 is 23.9. The van der Waals surface area contributed by atoms with Crippen molar-refractivity contribution in [1.29, 1.82) is 0 Å². The Kier molecular flexibility index (Phi) is 10.2. The monoisotopic (exact) mass is 532 g/mol. The molecule has 0 saturated heterocycles. The lowest BCUT2D eigenvalue weighted by Crippen LogP contribution is -2.48. The predicted octanol–water partition coefficient (Wildman–Crippen LogP) is 7.10. The summed E-state index contributed by atoms with van der Waals surface area (Å²) in [4.78, 5) is 0. The van der Waals surface area contributed by atoms with Crippen molar-refractivity contribution >= 4 is 24.2 Å².